The number of rotatable bonds is 6. The van der Waals surface area contributed by atoms with Gasteiger partial charge in [-0.2, -0.15) is 0 Å². The highest BCUT2D eigenvalue weighted by molar-refractivity contribution is 4.84. The van der Waals surface area contributed by atoms with Crippen molar-refractivity contribution in [2.45, 2.75) is 83.7 Å². The van der Waals surface area contributed by atoms with E-state index in [4.69, 9.17) is 0 Å². The van der Waals surface area contributed by atoms with E-state index in [2.05, 4.69) is 13.8 Å². The average molecular weight is 212 g/mol. The third-order valence-corrected chi connectivity index (χ3v) is 4.02. The van der Waals surface area contributed by atoms with E-state index >= 15 is 0 Å². The lowest BCUT2D eigenvalue weighted by molar-refractivity contribution is -0.0253. The molecule has 1 rings (SSSR count). The maximum Gasteiger partial charge on any atom is 0.0647 e. The fraction of sp³-hybridized carbons (Fsp3) is 1.00. The monoisotopic (exact) mass is 212 g/mol. The van der Waals surface area contributed by atoms with Gasteiger partial charge in [0.15, 0.2) is 0 Å². The van der Waals surface area contributed by atoms with Crippen LogP contribution in [0.3, 0.4) is 0 Å². The lowest BCUT2D eigenvalue weighted by atomic mass is 9.75. The molecule has 0 aromatic carbocycles. The minimum atomic E-state index is -0.381. The molecule has 1 atom stereocenters. The second-order valence-corrected chi connectivity index (χ2v) is 5.50. The van der Waals surface area contributed by atoms with Crippen LogP contribution in [0.2, 0.25) is 0 Å². The Morgan fingerprint density at radius 1 is 1.07 bits per heavy atom. The van der Waals surface area contributed by atoms with Crippen molar-refractivity contribution < 1.29 is 5.11 Å². The molecule has 1 nitrogen and oxygen atoms in total. The van der Waals surface area contributed by atoms with Gasteiger partial charge >= 0.3 is 0 Å². The summed E-state index contributed by atoms with van der Waals surface area (Å²) < 4.78 is 0. The summed E-state index contributed by atoms with van der Waals surface area (Å²) >= 11 is 0. The maximum absolute atomic E-state index is 10.4. The van der Waals surface area contributed by atoms with E-state index in [1.165, 1.54) is 57.8 Å². The molecule has 0 bridgehead atoms. The standard InChI is InChI=1S/C14H28O/c1-3-4-5-9-12-14(2,15)13-10-7-6-8-11-13/h13,15H,3-12H2,1-2H3. The number of unbranched alkanes of at least 4 members (excludes halogenated alkanes) is 3. The van der Waals surface area contributed by atoms with E-state index in [0.29, 0.717) is 5.92 Å². The van der Waals surface area contributed by atoms with Gasteiger partial charge in [-0.15, -0.1) is 0 Å². The zero-order chi connectivity index (χ0) is 11.1. The van der Waals surface area contributed by atoms with Crippen molar-refractivity contribution in [1.29, 1.82) is 0 Å². The second kappa shape index (κ2) is 6.52. The van der Waals surface area contributed by atoms with Crippen LogP contribution in [0.25, 0.3) is 0 Å². The molecule has 1 saturated carbocycles. The molecule has 90 valence electrons. The Morgan fingerprint density at radius 2 is 1.73 bits per heavy atom. The van der Waals surface area contributed by atoms with Crippen LogP contribution in [0, 0.1) is 5.92 Å². The van der Waals surface area contributed by atoms with E-state index in [1.807, 2.05) is 0 Å². The van der Waals surface area contributed by atoms with Crippen molar-refractivity contribution >= 4 is 0 Å². The molecule has 0 spiro atoms. The highest BCUT2D eigenvalue weighted by Crippen LogP contribution is 2.35. The van der Waals surface area contributed by atoms with Crippen LogP contribution in [0.1, 0.15) is 78.1 Å². The molecule has 1 fully saturated rings. The molecule has 0 amide bonds. The lowest BCUT2D eigenvalue weighted by Gasteiger charge is -2.35. The average Bonchev–Trinajstić information content (AvgIpc) is 2.26. The van der Waals surface area contributed by atoms with Crippen LogP contribution >= 0.6 is 0 Å². The number of hydrogen-bond acceptors (Lipinski definition) is 1. The first kappa shape index (κ1) is 13.0. The first-order chi connectivity index (χ1) is 7.17. The normalized spacial score (nSPS) is 22.6. The first-order valence-electron chi connectivity index (χ1n) is 6.89. The molecule has 1 aliphatic carbocycles. The van der Waals surface area contributed by atoms with Crippen molar-refractivity contribution in [2.75, 3.05) is 0 Å². The minimum absolute atomic E-state index is 0.381. The molecule has 0 aromatic rings. The topological polar surface area (TPSA) is 20.2 Å². The van der Waals surface area contributed by atoms with E-state index in [9.17, 15) is 5.11 Å². The highest BCUT2D eigenvalue weighted by Gasteiger charge is 2.31. The Kier molecular flexibility index (Phi) is 5.66. The molecule has 0 heterocycles. The first-order valence-corrected chi connectivity index (χ1v) is 6.89. The van der Waals surface area contributed by atoms with Gasteiger partial charge in [0.25, 0.3) is 0 Å². The molecular formula is C14H28O. The SMILES string of the molecule is CCCCCCC(C)(O)C1CCCCC1. The fourth-order valence-corrected chi connectivity index (χ4v) is 2.84. The molecular weight excluding hydrogens is 184 g/mol. The summed E-state index contributed by atoms with van der Waals surface area (Å²) in [5.74, 6) is 0.577. The molecule has 1 heteroatoms. The van der Waals surface area contributed by atoms with E-state index in [1.54, 1.807) is 0 Å². The minimum Gasteiger partial charge on any atom is -0.390 e. The predicted octanol–water partition coefficient (Wildman–Crippen LogP) is 4.29. The van der Waals surface area contributed by atoms with E-state index in [0.717, 1.165) is 6.42 Å². The third-order valence-electron chi connectivity index (χ3n) is 4.02. The quantitative estimate of drug-likeness (QED) is 0.651. The number of hydrogen-bond donors (Lipinski definition) is 1. The van der Waals surface area contributed by atoms with Gasteiger partial charge in [-0.05, 0) is 32.1 Å². The molecule has 0 aliphatic heterocycles. The van der Waals surface area contributed by atoms with Crippen molar-refractivity contribution in [2.24, 2.45) is 5.92 Å². The van der Waals surface area contributed by atoms with Crippen LogP contribution in [0.15, 0.2) is 0 Å². The Morgan fingerprint density at radius 3 is 2.33 bits per heavy atom. The van der Waals surface area contributed by atoms with E-state index in [-0.39, 0.29) is 5.60 Å². The summed E-state index contributed by atoms with van der Waals surface area (Å²) in [6.07, 6.45) is 12.6. The van der Waals surface area contributed by atoms with Gasteiger partial charge in [0.05, 0.1) is 5.60 Å². The Hall–Kier alpha value is -0.0400. The van der Waals surface area contributed by atoms with Gasteiger partial charge < -0.3 is 5.11 Å². The fourth-order valence-electron chi connectivity index (χ4n) is 2.84. The predicted molar refractivity (Wildman–Crippen MR) is 66.0 cm³/mol. The smallest absolute Gasteiger partial charge is 0.0647 e. The number of aliphatic hydroxyl groups is 1. The van der Waals surface area contributed by atoms with Gasteiger partial charge in [0.1, 0.15) is 0 Å². The third kappa shape index (κ3) is 4.55. The van der Waals surface area contributed by atoms with Crippen LogP contribution < -0.4 is 0 Å². The second-order valence-electron chi connectivity index (χ2n) is 5.50. The van der Waals surface area contributed by atoms with Crippen molar-refractivity contribution in [3.63, 3.8) is 0 Å². The largest absolute Gasteiger partial charge is 0.390 e. The van der Waals surface area contributed by atoms with Crippen LogP contribution in [0.4, 0.5) is 0 Å². The summed E-state index contributed by atoms with van der Waals surface area (Å²) in [6.45, 7) is 4.30. The molecule has 0 radical (unpaired) electrons. The Labute approximate surface area is 95.3 Å². The molecule has 1 N–H and O–H groups in total. The molecule has 0 aromatic heterocycles. The molecule has 0 saturated heterocycles. The van der Waals surface area contributed by atoms with Crippen LogP contribution in [-0.2, 0) is 0 Å². The Bertz CT molecular complexity index is 157. The van der Waals surface area contributed by atoms with Gasteiger partial charge in [-0.3, -0.25) is 0 Å². The molecule has 1 unspecified atom stereocenters. The molecule has 1 aliphatic rings. The summed E-state index contributed by atoms with van der Waals surface area (Å²) in [6, 6.07) is 0. The van der Waals surface area contributed by atoms with E-state index < -0.39 is 0 Å². The summed E-state index contributed by atoms with van der Waals surface area (Å²) in [7, 11) is 0. The lowest BCUT2D eigenvalue weighted by Crippen LogP contribution is -2.35. The van der Waals surface area contributed by atoms with Gasteiger partial charge in [-0.25, -0.2) is 0 Å². The van der Waals surface area contributed by atoms with Crippen LogP contribution in [0.5, 0.6) is 0 Å². The summed E-state index contributed by atoms with van der Waals surface area (Å²) in [4.78, 5) is 0. The van der Waals surface area contributed by atoms with Crippen molar-refractivity contribution in [3.05, 3.63) is 0 Å². The van der Waals surface area contributed by atoms with Gasteiger partial charge in [-0.1, -0.05) is 51.9 Å². The summed E-state index contributed by atoms with van der Waals surface area (Å²) in [5.41, 5.74) is -0.381. The van der Waals surface area contributed by atoms with Gasteiger partial charge in [0, 0.05) is 0 Å². The van der Waals surface area contributed by atoms with Gasteiger partial charge in [0.2, 0.25) is 0 Å². The summed E-state index contributed by atoms with van der Waals surface area (Å²) in [5, 5.41) is 10.4. The highest BCUT2D eigenvalue weighted by atomic mass is 16.3. The Balaban J connectivity index is 2.23. The zero-order valence-corrected chi connectivity index (χ0v) is 10.6. The van der Waals surface area contributed by atoms with Crippen LogP contribution in [-0.4, -0.2) is 10.7 Å². The zero-order valence-electron chi connectivity index (χ0n) is 10.6. The molecule has 15 heavy (non-hydrogen) atoms. The maximum atomic E-state index is 10.4. The van der Waals surface area contributed by atoms with Crippen molar-refractivity contribution in [1.82, 2.24) is 0 Å². The van der Waals surface area contributed by atoms with Crippen molar-refractivity contribution in [3.8, 4) is 0 Å².